The lowest BCUT2D eigenvalue weighted by Crippen LogP contribution is -2.22. The van der Waals surface area contributed by atoms with Crippen molar-refractivity contribution in [3.8, 4) is 5.69 Å². The zero-order valence-corrected chi connectivity index (χ0v) is 15.5. The van der Waals surface area contributed by atoms with Crippen molar-refractivity contribution in [2.75, 3.05) is 11.9 Å². The molecule has 0 aliphatic rings. The molecule has 0 spiro atoms. The summed E-state index contributed by atoms with van der Waals surface area (Å²) in [6.45, 7) is 5.01. The van der Waals surface area contributed by atoms with Crippen molar-refractivity contribution >= 4 is 29.0 Å². The van der Waals surface area contributed by atoms with Gasteiger partial charge in [-0.25, -0.2) is 14.5 Å². The quantitative estimate of drug-likeness (QED) is 0.698. The van der Waals surface area contributed by atoms with E-state index in [-0.39, 0.29) is 6.61 Å². The van der Waals surface area contributed by atoms with Crippen LogP contribution in [0.1, 0.15) is 26.1 Å². The molecule has 26 heavy (non-hydrogen) atoms. The van der Waals surface area contributed by atoms with Crippen LogP contribution in [0.5, 0.6) is 0 Å². The minimum Gasteiger partial charge on any atom is -0.451 e. The highest BCUT2D eigenvalue weighted by atomic mass is 32.1. The van der Waals surface area contributed by atoms with Gasteiger partial charge in [0.25, 0.3) is 5.91 Å². The fraction of sp³-hybridized carbons (Fsp3) is 0.222. The van der Waals surface area contributed by atoms with Gasteiger partial charge in [-0.2, -0.15) is 5.10 Å². The molecule has 7 nitrogen and oxygen atoms in total. The third kappa shape index (κ3) is 3.97. The number of ether oxygens (including phenoxy) is 1. The first kappa shape index (κ1) is 17.8. The summed E-state index contributed by atoms with van der Waals surface area (Å²) >= 11 is 1.25. The Kier molecular flexibility index (Phi) is 5.13. The number of nitrogens with one attached hydrogen (secondary N) is 1. The van der Waals surface area contributed by atoms with Crippen molar-refractivity contribution in [2.24, 2.45) is 0 Å². The molecule has 1 N–H and O–H groups in total. The Morgan fingerprint density at radius 1 is 1.19 bits per heavy atom. The fourth-order valence-corrected chi connectivity index (χ4v) is 3.26. The second-order valence-electron chi connectivity index (χ2n) is 5.69. The molecule has 0 aliphatic heterocycles. The van der Waals surface area contributed by atoms with E-state index in [4.69, 9.17) is 4.74 Å². The molecule has 0 atom stereocenters. The van der Waals surface area contributed by atoms with Crippen LogP contribution >= 0.6 is 11.3 Å². The van der Waals surface area contributed by atoms with E-state index in [0.29, 0.717) is 16.4 Å². The van der Waals surface area contributed by atoms with Crippen LogP contribution in [-0.2, 0) is 9.53 Å². The lowest BCUT2D eigenvalue weighted by atomic mass is 10.3. The van der Waals surface area contributed by atoms with Gasteiger partial charge in [-0.1, -0.05) is 18.2 Å². The van der Waals surface area contributed by atoms with Crippen molar-refractivity contribution < 1.29 is 14.3 Å². The molecule has 1 amide bonds. The summed E-state index contributed by atoms with van der Waals surface area (Å²) in [6, 6.07) is 11.2. The number of hydrogen-bond donors (Lipinski definition) is 1. The monoisotopic (exact) mass is 370 g/mol. The highest BCUT2D eigenvalue weighted by Crippen LogP contribution is 2.19. The summed E-state index contributed by atoms with van der Waals surface area (Å²) in [5.41, 5.74) is 2.19. The van der Waals surface area contributed by atoms with Crippen LogP contribution in [0.25, 0.3) is 5.69 Å². The Balaban J connectivity index is 1.66. The molecule has 0 radical (unpaired) electrons. The number of carbonyl (C=O) groups is 2. The van der Waals surface area contributed by atoms with E-state index in [1.165, 1.54) is 11.3 Å². The van der Waals surface area contributed by atoms with Gasteiger partial charge in [0, 0.05) is 6.07 Å². The van der Waals surface area contributed by atoms with Crippen LogP contribution in [0, 0.1) is 20.8 Å². The number of para-hydroxylation sites is 1. The van der Waals surface area contributed by atoms with E-state index in [1.807, 2.05) is 44.2 Å². The van der Waals surface area contributed by atoms with Gasteiger partial charge in [0.2, 0.25) is 0 Å². The Morgan fingerprint density at radius 3 is 2.58 bits per heavy atom. The number of aromatic nitrogens is 3. The standard InChI is InChI=1S/C18H18N4O3S/c1-11-9-15(22(21-11)14-7-5-4-6-8-14)20-16(23)10-25-18(24)17-12(2)19-13(3)26-17/h4-9H,10H2,1-3H3,(H,20,23). The van der Waals surface area contributed by atoms with Gasteiger partial charge in [-0.3, -0.25) is 4.79 Å². The van der Waals surface area contributed by atoms with Crippen LogP contribution in [0.2, 0.25) is 0 Å². The van der Waals surface area contributed by atoms with Crippen molar-refractivity contribution in [2.45, 2.75) is 20.8 Å². The zero-order valence-electron chi connectivity index (χ0n) is 14.6. The van der Waals surface area contributed by atoms with Gasteiger partial charge >= 0.3 is 5.97 Å². The van der Waals surface area contributed by atoms with E-state index >= 15 is 0 Å². The molecule has 0 saturated heterocycles. The number of rotatable bonds is 5. The zero-order chi connectivity index (χ0) is 18.7. The second-order valence-corrected chi connectivity index (χ2v) is 6.89. The normalized spacial score (nSPS) is 10.6. The van der Waals surface area contributed by atoms with E-state index in [2.05, 4.69) is 15.4 Å². The first-order valence-electron chi connectivity index (χ1n) is 7.97. The molecule has 8 heteroatoms. The van der Waals surface area contributed by atoms with E-state index < -0.39 is 11.9 Å². The van der Waals surface area contributed by atoms with Gasteiger partial charge in [-0.15, -0.1) is 11.3 Å². The summed E-state index contributed by atoms with van der Waals surface area (Å²) in [4.78, 5) is 28.9. The van der Waals surface area contributed by atoms with Crippen molar-refractivity contribution in [1.29, 1.82) is 0 Å². The molecule has 0 saturated carbocycles. The number of hydrogen-bond acceptors (Lipinski definition) is 6. The third-order valence-electron chi connectivity index (χ3n) is 3.52. The number of esters is 1. The minimum absolute atomic E-state index is 0.381. The second kappa shape index (κ2) is 7.49. The predicted molar refractivity (Wildman–Crippen MR) is 98.8 cm³/mol. The molecule has 3 rings (SSSR count). The lowest BCUT2D eigenvalue weighted by molar-refractivity contribution is -0.119. The number of aryl methyl sites for hydroxylation is 3. The Morgan fingerprint density at radius 2 is 1.92 bits per heavy atom. The minimum atomic E-state index is -0.545. The van der Waals surface area contributed by atoms with E-state index in [9.17, 15) is 9.59 Å². The van der Waals surface area contributed by atoms with Gasteiger partial charge in [0.15, 0.2) is 6.61 Å². The average Bonchev–Trinajstić information content (AvgIpc) is 3.15. The molecule has 134 valence electrons. The van der Waals surface area contributed by atoms with Gasteiger partial charge in [-0.05, 0) is 32.9 Å². The predicted octanol–water partition coefficient (Wildman–Crippen LogP) is 3.05. The van der Waals surface area contributed by atoms with Gasteiger partial charge in [0.1, 0.15) is 10.7 Å². The van der Waals surface area contributed by atoms with Crippen LogP contribution in [0.4, 0.5) is 5.82 Å². The molecule has 0 bridgehead atoms. The van der Waals surface area contributed by atoms with Gasteiger partial charge in [0.05, 0.1) is 22.1 Å². The summed E-state index contributed by atoms with van der Waals surface area (Å²) in [6.07, 6.45) is 0. The number of anilines is 1. The lowest BCUT2D eigenvalue weighted by Gasteiger charge is -2.09. The first-order valence-corrected chi connectivity index (χ1v) is 8.79. The molecular weight excluding hydrogens is 352 g/mol. The fourth-order valence-electron chi connectivity index (χ4n) is 2.45. The number of carbonyl (C=O) groups excluding carboxylic acids is 2. The summed E-state index contributed by atoms with van der Waals surface area (Å²) in [5.74, 6) is -0.468. The average molecular weight is 370 g/mol. The molecule has 2 aromatic heterocycles. The molecule has 1 aromatic carbocycles. The smallest absolute Gasteiger partial charge is 0.350 e. The molecule has 2 heterocycles. The summed E-state index contributed by atoms with van der Waals surface area (Å²) in [5, 5.41) is 7.89. The number of thiazole rings is 1. The van der Waals surface area contributed by atoms with E-state index in [1.54, 1.807) is 17.7 Å². The Labute approximate surface area is 154 Å². The van der Waals surface area contributed by atoms with Crippen molar-refractivity contribution in [3.63, 3.8) is 0 Å². The van der Waals surface area contributed by atoms with Crippen LogP contribution < -0.4 is 5.32 Å². The molecule has 0 fully saturated rings. The van der Waals surface area contributed by atoms with Gasteiger partial charge < -0.3 is 10.1 Å². The third-order valence-corrected chi connectivity index (χ3v) is 4.58. The molecular formula is C18H18N4O3S. The van der Waals surface area contributed by atoms with Crippen LogP contribution in [-0.4, -0.2) is 33.2 Å². The van der Waals surface area contributed by atoms with E-state index in [0.717, 1.165) is 16.4 Å². The maximum atomic E-state index is 12.2. The largest absolute Gasteiger partial charge is 0.451 e. The topological polar surface area (TPSA) is 86.1 Å². The number of nitrogens with zero attached hydrogens (tertiary/aromatic N) is 3. The first-order chi connectivity index (χ1) is 12.4. The maximum absolute atomic E-state index is 12.2. The molecule has 0 unspecified atom stereocenters. The summed E-state index contributed by atoms with van der Waals surface area (Å²) in [7, 11) is 0. The maximum Gasteiger partial charge on any atom is 0.350 e. The number of benzene rings is 1. The number of amides is 1. The van der Waals surface area contributed by atoms with Crippen molar-refractivity contribution in [3.05, 3.63) is 57.7 Å². The summed E-state index contributed by atoms with van der Waals surface area (Å²) < 4.78 is 6.73. The van der Waals surface area contributed by atoms with Crippen LogP contribution in [0.15, 0.2) is 36.4 Å². The molecule has 3 aromatic rings. The van der Waals surface area contributed by atoms with Crippen LogP contribution in [0.3, 0.4) is 0 Å². The SMILES string of the molecule is Cc1cc(NC(=O)COC(=O)c2sc(C)nc2C)n(-c2ccccc2)n1. The molecule has 0 aliphatic carbocycles. The highest BCUT2D eigenvalue weighted by molar-refractivity contribution is 7.13. The Bertz CT molecular complexity index is 947. The van der Waals surface area contributed by atoms with Crippen molar-refractivity contribution in [1.82, 2.24) is 14.8 Å². The Hall–Kier alpha value is -3.00. The highest BCUT2D eigenvalue weighted by Gasteiger charge is 2.17.